The van der Waals surface area contributed by atoms with Gasteiger partial charge < -0.3 is 10.6 Å². The molecule has 0 saturated carbocycles. The lowest BCUT2D eigenvalue weighted by molar-refractivity contribution is 0.0790. The molecule has 1 saturated heterocycles. The maximum absolute atomic E-state index is 12.7. The van der Waals surface area contributed by atoms with E-state index in [2.05, 4.69) is 21.0 Å². The molecule has 2 heterocycles. The summed E-state index contributed by atoms with van der Waals surface area (Å²) in [5.74, 6) is 0.0353. The van der Waals surface area contributed by atoms with Crippen molar-refractivity contribution in [2.45, 2.75) is 25.8 Å². The Labute approximate surface area is 138 Å². The molecule has 1 aromatic carbocycles. The Morgan fingerprint density at radius 1 is 1.41 bits per heavy atom. The van der Waals surface area contributed by atoms with Crippen molar-refractivity contribution < 1.29 is 4.79 Å². The van der Waals surface area contributed by atoms with Crippen LogP contribution in [-0.2, 0) is 6.42 Å². The first kappa shape index (κ1) is 15.2. The van der Waals surface area contributed by atoms with Crippen molar-refractivity contribution in [2.75, 3.05) is 13.1 Å². The Morgan fingerprint density at radius 3 is 2.73 bits per heavy atom. The van der Waals surface area contributed by atoms with Crippen molar-refractivity contribution in [3.05, 3.63) is 46.2 Å². The number of likely N-dealkylation sites (tertiary alicyclic amines) is 1. The molecule has 3 rings (SSSR count). The summed E-state index contributed by atoms with van der Waals surface area (Å²) in [5, 5.41) is 4.42. The number of rotatable bonds is 3. The summed E-state index contributed by atoms with van der Waals surface area (Å²) >= 11 is 3.43. The number of benzene rings is 1. The number of hydrogen-bond acceptors (Lipinski definition) is 3. The van der Waals surface area contributed by atoms with E-state index in [1.54, 1.807) is 6.20 Å². The topological polar surface area (TPSA) is 64.2 Å². The highest BCUT2D eigenvalue weighted by Gasteiger charge is 2.27. The standard InChI is InChI=1S/C16H19BrN4O/c1-2-15-14(16(22)20-8-7-12(18)10-20)9-19-21(15)13-5-3-11(17)4-6-13/h3-6,9,12H,2,7-8,10,18H2,1H3/t12-/m1/s1. The van der Waals surface area contributed by atoms with Gasteiger partial charge >= 0.3 is 0 Å². The molecule has 1 atom stereocenters. The van der Waals surface area contributed by atoms with Crippen molar-refractivity contribution in [1.82, 2.24) is 14.7 Å². The highest BCUT2D eigenvalue weighted by molar-refractivity contribution is 9.10. The summed E-state index contributed by atoms with van der Waals surface area (Å²) < 4.78 is 2.86. The monoisotopic (exact) mass is 362 g/mol. The van der Waals surface area contributed by atoms with E-state index in [0.717, 1.165) is 35.2 Å². The molecule has 0 bridgehead atoms. The quantitative estimate of drug-likeness (QED) is 0.911. The van der Waals surface area contributed by atoms with Gasteiger partial charge in [0, 0.05) is 23.6 Å². The second kappa shape index (κ2) is 6.22. The zero-order valence-electron chi connectivity index (χ0n) is 12.5. The normalized spacial score (nSPS) is 18.0. The van der Waals surface area contributed by atoms with Crippen LogP contribution in [0.25, 0.3) is 5.69 Å². The van der Waals surface area contributed by atoms with Gasteiger partial charge in [-0.1, -0.05) is 22.9 Å². The smallest absolute Gasteiger partial charge is 0.257 e. The lowest BCUT2D eigenvalue weighted by Gasteiger charge is -2.16. The minimum absolute atomic E-state index is 0.0353. The lowest BCUT2D eigenvalue weighted by Crippen LogP contribution is -2.32. The van der Waals surface area contributed by atoms with E-state index < -0.39 is 0 Å². The minimum Gasteiger partial charge on any atom is -0.337 e. The third kappa shape index (κ3) is 2.80. The van der Waals surface area contributed by atoms with E-state index in [4.69, 9.17) is 5.73 Å². The molecule has 0 unspecified atom stereocenters. The molecule has 1 aliphatic heterocycles. The first-order valence-corrected chi connectivity index (χ1v) is 8.27. The fourth-order valence-corrected chi connectivity index (χ4v) is 3.10. The van der Waals surface area contributed by atoms with Gasteiger partial charge in [-0.25, -0.2) is 4.68 Å². The van der Waals surface area contributed by atoms with Gasteiger partial charge in [-0.05, 0) is 37.1 Å². The molecule has 1 amide bonds. The molecule has 5 nitrogen and oxygen atoms in total. The van der Waals surface area contributed by atoms with Crippen LogP contribution in [0.3, 0.4) is 0 Å². The van der Waals surface area contributed by atoms with Gasteiger partial charge in [-0.15, -0.1) is 0 Å². The molecule has 1 aromatic heterocycles. The van der Waals surface area contributed by atoms with E-state index in [0.29, 0.717) is 12.1 Å². The number of aromatic nitrogens is 2. The molecule has 116 valence electrons. The average Bonchev–Trinajstić information content (AvgIpc) is 3.13. The second-order valence-corrected chi connectivity index (χ2v) is 6.46. The predicted molar refractivity (Wildman–Crippen MR) is 89.1 cm³/mol. The van der Waals surface area contributed by atoms with E-state index in [9.17, 15) is 4.79 Å². The Morgan fingerprint density at radius 2 is 2.14 bits per heavy atom. The first-order valence-electron chi connectivity index (χ1n) is 7.48. The fraction of sp³-hybridized carbons (Fsp3) is 0.375. The van der Waals surface area contributed by atoms with Gasteiger partial charge in [0.15, 0.2) is 0 Å². The third-order valence-electron chi connectivity index (χ3n) is 4.02. The molecule has 1 aliphatic rings. The molecule has 2 N–H and O–H groups in total. The second-order valence-electron chi connectivity index (χ2n) is 5.55. The largest absolute Gasteiger partial charge is 0.337 e. The van der Waals surface area contributed by atoms with Crippen LogP contribution in [0.2, 0.25) is 0 Å². The molecule has 22 heavy (non-hydrogen) atoms. The van der Waals surface area contributed by atoms with Gasteiger partial charge in [0.2, 0.25) is 0 Å². The van der Waals surface area contributed by atoms with Crippen LogP contribution in [0.15, 0.2) is 34.9 Å². The highest BCUT2D eigenvalue weighted by Crippen LogP contribution is 2.21. The van der Waals surface area contributed by atoms with Crippen molar-refractivity contribution in [3.8, 4) is 5.69 Å². The number of nitrogens with two attached hydrogens (primary N) is 1. The van der Waals surface area contributed by atoms with Crippen LogP contribution in [-0.4, -0.2) is 39.7 Å². The summed E-state index contributed by atoms with van der Waals surface area (Å²) in [6.45, 7) is 3.40. The number of carbonyl (C=O) groups excluding carboxylic acids is 1. The maximum Gasteiger partial charge on any atom is 0.257 e. The Kier molecular flexibility index (Phi) is 4.31. The number of halogens is 1. The summed E-state index contributed by atoms with van der Waals surface area (Å²) in [4.78, 5) is 14.5. The summed E-state index contributed by atoms with van der Waals surface area (Å²) in [5.41, 5.74) is 8.48. The van der Waals surface area contributed by atoms with Crippen molar-refractivity contribution in [2.24, 2.45) is 5.73 Å². The van der Waals surface area contributed by atoms with Gasteiger partial charge in [-0.3, -0.25) is 4.79 Å². The molecule has 0 spiro atoms. The van der Waals surface area contributed by atoms with Crippen LogP contribution >= 0.6 is 15.9 Å². The van der Waals surface area contributed by atoms with Gasteiger partial charge in [-0.2, -0.15) is 5.10 Å². The molecular weight excluding hydrogens is 344 g/mol. The summed E-state index contributed by atoms with van der Waals surface area (Å²) in [6.07, 6.45) is 3.29. The summed E-state index contributed by atoms with van der Waals surface area (Å²) in [6, 6.07) is 8.00. The predicted octanol–water partition coefficient (Wildman–Crippen LogP) is 2.37. The van der Waals surface area contributed by atoms with Crippen molar-refractivity contribution in [3.63, 3.8) is 0 Å². The molecule has 2 aromatic rings. The van der Waals surface area contributed by atoms with Gasteiger partial charge in [0.05, 0.1) is 23.1 Å². The number of amides is 1. The van der Waals surface area contributed by atoms with Crippen molar-refractivity contribution in [1.29, 1.82) is 0 Å². The maximum atomic E-state index is 12.7. The highest BCUT2D eigenvalue weighted by atomic mass is 79.9. The molecular formula is C16H19BrN4O. The van der Waals surface area contributed by atoms with Crippen LogP contribution in [0.5, 0.6) is 0 Å². The zero-order valence-corrected chi connectivity index (χ0v) is 14.1. The Hall–Kier alpha value is -1.66. The van der Waals surface area contributed by atoms with Crippen LogP contribution in [0, 0.1) is 0 Å². The van der Waals surface area contributed by atoms with Gasteiger partial charge in [0.25, 0.3) is 5.91 Å². The molecule has 0 aliphatic carbocycles. The minimum atomic E-state index is 0.0353. The zero-order chi connectivity index (χ0) is 15.7. The van der Waals surface area contributed by atoms with Crippen LogP contribution in [0.4, 0.5) is 0 Å². The van der Waals surface area contributed by atoms with E-state index >= 15 is 0 Å². The van der Waals surface area contributed by atoms with Gasteiger partial charge in [0.1, 0.15) is 0 Å². The van der Waals surface area contributed by atoms with Crippen LogP contribution in [0.1, 0.15) is 29.4 Å². The third-order valence-corrected chi connectivity index (χ3v) is 4.55. The average molecular weight is 363 g/mol. The first-order chi connectivity index (χ1) is 10.6. The number of hydrogen-bond donors (Lipinski definition) is 1. The molecule has 1 fully saturated rings. The van der Waals surface area contributed by atoms with E-state index in [1.165, 1.54) is 0 Å². The SMILES string of the molecule is CCc1c(C(=O)N2CC[C@@H](N)C2)cnn1-c1ccc(Br)cc1. The Bertz CT molecular complexity index is 680. The number of carbonyl (C=O) groups is 1. The number of nitrogens with zero attached hydrogens (tertiary/aromatic N) is 3. The molecule has 0 radical (unpaired) electrons. The fourth-order valence-electron chi connectivity index (χ4n) is 2.84. The van der Waals surface area contributed by atoms with Crippen LogP contribution < -0.4 is 5.73 Å². The lowest BCUT2D eigenvalue weighted by atomic mass is 10.1. The van der Waals surface area contributed by atoms with E-state index in [1.807, 2.05) is 40.8 Å². The van der Waals surface area contributed by atoms with Crippen molar-refractivity contribution >= 4 is 21.8 Å². The van der Waals surface area contributed by atoms with E-state index in [-0.39, 0.29) is 11.9 Å². The summed E-state index contributed by atoms with van der Waals surface area (Å²) in [7, 11) is 0. The Balaban J connectivity index is 1.93. The molecule has 6 heteroatoms.